The molecule has 0 heterocycles. The minimum absolute atomic E-state index is 0.195. The van der Waals surface area contributed by atoms with Crippen LogP contribution < -0.4 is 0 Å². The van der Waals surface area contributed by atoms with Gasteiger partial charge in [-0.1, -0.05) is 19.3 Å². The van der Waals surface area contributed by atoms with Gasteiger partial charge in [-0.05, 0) is 25.7 Å². The van der Waals surface area contributed by atoms with Crippen LogP contribution in [0.25, 0.3) is 0 Å². The Hall–Kier alpha value is 0.510. The average Bonchev–Trinajstić information content (AvgIpc) is 2.13. The molecule has 0 aliphatic rings. The van der Waals surface area contributed by atoms with Crippen LogP contribution in [0.15, 0.2) is 0 Å². The van der Waals surface area contributed by atoms with Crippen molar-refractivity contribution in [2.45, 2.75) is 50.3 Å². The van der Waals surface area contributed by atoms with E-state index in [0.29, 0.717) is 6.42 Å². The van der Waals surface area contributed by atoms with Crippen LogP contribution >= 0.6 is 23.2 Å². The first-order valence-electron chi connectivity index (χ1n) is 5.07. The predicted molar refractivity (Wildman–Crippen MR) is 58.7 cm³/mol. The van der Waals surface area contributed by atoms with Gasteiger partial charge in [0.05, 0.1) is 6.67 Å². The molecule has 0 fully saturated rings. The zero-order valence-electron chi connectivity index (χ0n) is 8.08. The maximum absolute atomic E-state index is 11.7. The molecule has 0 aliphatic carbocycles. The summed E-state index contributed by atoms with van der Waals surface area (Å²) in [5.74, 6) is 0.728. The van der Waals surface area contributed by atoms with Gasteiger partial charge >= 0.3 is 0 Å². The van der Waals surface area contributed by atoms with Crippen molar-refractivity contribution in [3.8, 4) is 0 Å². The standard InChI is InChI=1S/C10H19Cl2F/c11-8-4-3-7-10(12)6-2-1-5-9-13/h10H,1-9H2. The first-order valence-corrected chi connectivity index (χ1v) is 6.04. The molecule has 13 heavy (non-hydrogen) atoms. The second-order valence-electron chi connectivity index (χ2n) is 3.32. The van der Waals surface area contributed by atoms with Crippen molar-refractivity contribution in [1.29, 1.82) is 0 Å². The highest BCUT2D eigenvalue weighted by atomic mass is 35.5. The van der Waals surface area contributed by atoms with E-state index in [-0.39, 0.29) is 12.1 Å². The molecule has 0 amide bonds. The van der Waals surface area contributed by atoms with Crippen LogP contribution in [-0.2, 0) is 0 Å². The Morgan fingerprint density at radius 3 is 2.08 bits per heavy atom. The molecular weight excluding hydrogens is 210 g/mol. The van der Waals surface area contributed by atoms with E-state index in [1.807, 2.05) is 0 Å². The van der Waals surface area contributed by atoms with Gasteiger partial charge in [-0.15, -0.1) is 23.2 Å². The van der Waals surface area contributed by atoms with Gasteiger partial charge in [-0.25, -0.2) is 0 Å². The van der Waals surface area contributed by atoms with Gasteiger partial charge in [0.1, 0.15) is 0 Å². The normalized spacial score (nSPS) is 13.2. The second kappa shape index (κ2) is 10.6. The molecule has 0 spiro atoms. The topological polar surface area (TPSA) is 0 Å². The summed E-state index contributed by atoms with van der Waals surface area (Å²) >= 11 is 11.6. The summed E-state index contributed by atoms with van der Waals surface area (Å²) in [6.45, 7) is -0.195. The molecule has 0 radical (unpaired) electrons. The Labute approximate surface area is 90.8 Å². The lowest BCUT2D eigenvalue weighted by Gasteiger charge is -2.07. The predicted octanol–water partition coefficient (Wildman–Crippen LogP) is 4.53. The third kappa shape index (κ3) is 10.4. The zero-order chi connectivity index (χ0) is 9.94. The van der Waals surface area contributed by atoms with E-state index in [1.165, 1.54) is 0 Å². The quantitative estimate of drug-likeness (QED) is 0.402. The summed E-state index contributed by atoms with van der Waals surface area (Å²) in [6, 6.07) is 0. The van der Waals surface area contributed by atoms with E-state index in [0.717, 1.165) is 44.4 Å². The molecule has 0 aromatic carbocycles. The molecular formula is C10H19Cl2F. The molecule has 80 valence electrons. The molecule has 1 atom stereocenters. The Kier molecular flexibility index (Phi) is 11.0. The van der Waals surface area contributed by atoms with Crippen LogP contribution in [0.1, 0.15) is 44.9 Å². The minimum Gasteiger partial charge on any atom is -0.251 e. The van der Waals surface area contributed by atoms with Crippen molar-refractivity contribution in [1.82, 2.24) is 0 Å². The highest BCUT2D eigenvalue weighted by molar-refractivity contribution is 6.20. The van der Waals surface area contributed by atoms with Gasteiger partial charge < -0.3 is 0 Å². The maximum Gasteiger partial charge on any atom is 0.0894 e. The molecule has 0 aromatic heterocycles. The van der Waals surface area contributed by atoms with Crippen molar-refractivity contribution in [2.75, 3.05) is 12.6 Å². The van der Waals surface area contributed by atoms with E-state index in [9.17, 15) is 4.39 Å². The van der Waals surface area contributed by atoms with E-state index < -0.39 is 0 Å². The second-order valence-corrected chi connectivity index (χ2v) is 4.32. The van der Waals surface area contributed by atoms with E-state index in [2.05, 4.69) is 0 Å². The third-order valence-corrected chi connectivity index (χ3v) is 2.76. The van der Waals surface area contributed by atoms with Gasteiger partial charge in [0.2, 0.25) is 0 Å². The van der Waals surface area contributed by atoms with Crippen LogP contribution in [0.4, 0.5) is 4.39 Å². The Bertz CT molecular complexity index is 98.9. The first-order chi connectivity index (χ1) is 6.31. The highest BCUT2D eigenvalue weighted by Crippen LogP contribution is 2.15. The summed E-state index contributed by atoms with van der Waals surface area (Å²) in [5.41, 5.74) is 0. The number of unbranched alkanes of at least 4 members (excludes halogenated alkanes) is 3. The minimum atomic E-state index is -0.195. The smallest absolute Gasteiger partial charge is 0.0894 e. The van der Waals surface area contributed by atoms with Crippen LogP contribution in [0.2, 0.25) is 0 Å². The van der Waals surface area contributed by atoms with Crippen LogP contribution in [0, 0.1) is 0 Å². The number of hydrogen-bond donors (Lipinski definition) is 0. The molecule has 0 saturated heterocycles. The lowest BCUT2D eigenvalue weighted by Crippen LogP contribution is -1.98. The largest absolute Gasteiger partial charge is 0.251 e. The summed E-state index contributed by atoms with van der Waals surface area (Å²) in [5, 5.41) is 0.267. The number of hydrogen-bond acceptors (Lipinski definition) is 0. The highest BCUT2D eigenvalue weighted by Gasteiger charge is 2.03. The van der Waals surface area contributed by atoms with Crippen LogP contribution in [0.5, 0.6) is 0 Å². The summed E-state index contributed by atoms with van der Waals surface area (Å²) in [6.07, 6.45) is 6.93. The van der Waals surface area contributed by atoms with Crippen molar-refractivity contribution in [2.24, 2.45) is 0 Å². The SMILES string of the molecule is FCCCCCC(Cl)CCCCCl. The van der Waals surface area contributed by atoms with Gasteiger partial charge in [-0.3, -0.25) is 4.39 Å². The molecule has 1 unspecified atom stereocenters. The fourth-order valence-corrected chi connectivity index (χ4v) is 1.74. The lowest BCUT2D eigenvalue weighted by atomic mass is 10.1. The summed E-state index contributed by atoms with van der Waals surface area (Å²) in [4.78, 5) is 0. The monoisotopic (exact) mass is 228 g/mol. The van der Waals surface area contributed by atoms with Gasteiger partial charge in [-0.2, -0.15) is 0 Å². The van der Waals surface area contributed by atoms with Crippen LogP contribution in [0.3, 0.4) is 0 Å². The van der Waals surface area contributed by atoms with Crippen molar-refractivity contribution < 1.29 is 4.39 Å². The van der Waals surface area contributed by atoms with Crippen molar-refractivity contribution >= 4 is 23.2 Å². The Morgan fingerprint density at radius 2 is 1.54 bits per heavy atom. The molecule has 0 bridgehead atoms. The van der Waals surface area contributed by atoms with Crippen molar-refractivity contribution in [3.05, 3.63) is 0 Å². The van der Waals surface area contributed by atoms with Gasteiger partial charge in [0.25, 0.3) is 0 Å². The third-order valence-electron chi connectivity index (χ3n) is 2.05. The number of rotatable bonds is 9. The maximum atomic E-state index is 11.7. The summed E-state index contributed by atoms with van der Waals surface area (Å²) < 4.78 is 11.7. The molecule has 0 rings (SSSR count). The van der Waals surface area contributed by atoms with Gasteiger partial charge in [0.15, 0.2) is 0 Å². The fraction of sp³-hybridized carbons (Fsp3) is 1.00. The first kappa shape index (κ1) is 13.5. The number of alkyl halides is 3. The average molecular weight is 229 g/mol. The molecule has 0 saturated carbocycles. The van der Waals surface area contributed by atoms with E-state index in [4.69, 9.17) is 23.2 Å². The van der Waals surface area contributed by atoms with Crippen molar-refractivity contribution in [3.63, 3.8) is 0 Å². The Balaban J connectivity index is 3.05. The van der Waals surface area contributed by atoms with E-state index >= 15 is 0 Å². The zero-order valence-corrected chi connectivity index (χ0v) is 9.59. The van der Waals surface area contributed by atoms with Gasteiger partial charge in [0, 0.05) is 11.3 Å². The molecule has 0 nitrogen and oxygen atoms in total. The summed E-state index contributed by atoms with van der Waals surface area (Å²) in [7, 11) is 0. The van der Waals surface area contributed by atoms with E-state index in [1.54, 1.807) is 0 Å². The van der Waals surface area contributed by atoms with Crippen LogP contribution in [-0.4, -0.2) is 17.9 Å². The molecule has 3 heteroatoms. The Morgan fingerprint density at radius 1 is 0.923 bits per heavy atom. The molecule has 0 aromatic rings. The lowest BCUT2D eigenvalue weighted by molar-refractivity contribution is 0.450. The molecule has 0 aliphatic heterocycles. The molecule has 0 N–H and O–H groups in total. The number of halogens is 3. The fourth-order valence-electron chi connectivity index (χ4n) is 1.24.